The number of halogens is 2. The van der Waals surface area contributed by atoms with E-state index < -0.39 is 17.3 Å². The molecule has 13 heteroatoms. The molecule has 3 aromatic rings. The van der Waals surface area contributed by atoms with E-state index in [1.807, 2.05) is 6.07 Å². The van der Waals surface area contributed by atoms with Crippen LogP contribution >= 0.6 is 11.6 Å². The first-order chi connectivity index (χ1) is 17.8. The fourth-order valence-electron chi connectivity index (χ4n) is 3.24. The summed E-state index contributed by atoms with van der Waals surface area (Å²) in [5, 5.41) is 13.1. The molecule has 0 aliphatic heterocycles. The number of carbonyl (C=O) groups is 1. The van der Waals surface area contributed by atoms with Gasteiger partial charge in [-0.25, -0.2) is 10.4 Å². The number of ether oxygens (including phenoxy) is 3. The van der Waals surface area contributed by atoms with Gasteiger partial charge in [-0.1, -0.05) is 0 Å². The predicted molar refractivity (Wildman–Crippen MR) is 131 cm³/mol. The second-order valence-corrected chi connectivity index (χ2v) is 7.79. The monoisotopic (exact) mass is 528 g/mol. The molecule has 0 aliphatic carbocycles. The lowest BCUT2D eigenvalue weighted by Gasteiger charge is -2.12. The molecule has 1 amide bonds. The topological polar surface area (TPSA) is 141 Å². The smallest absolute Gasteiger partial charge is 0.269 e. The summed E-state index contributed by atoms with van der Waals surface area (Å²) in [7, 11) is 1.46. The van der Waals surface area contributed by atoms with Gasteiger partial charge in [0.2, 0.25) is 11.1 Å². The van der Waals surface area contributed by atoms with Crippen LogP contribution in [0.5, 0.6) is 17.4 Å². The number of carbonyl (C=O) groups excluding carboxylic acids is 1. The number of nitriles is 1. The number of pyridine rings is 1. The molecular formula is C24H22ClFN6O5. The number of amides is 1. The van der Waals surface area contributed by atoms with Crippen molar-refractivity contribution in [2.24, 2.45) is 5.10 Å². The first-order valence-corrected chi connectivity index (χ1v) is 11.2. The Balaban J connectivity index is 1.73. The van der Waals surface area contributed by atoms with E-state index >= 15 is 0 Å². The van der Waals surface area contributed by atoms with Crippen LogP contribution in [0.25, 0.3) is 0 Å². The molecule has 0 atom stereocenters. The Hall–Kier alpha value is -4.34. The molecule has 0 unspecified atom stereocenters. The van der Waals surface area contributed by atoms with Gasteiger partial charge in [-0.2, -0.15) is 19.7 Å². The maximum atomic E-state index is 13.9. The molecule has 1 N–H and O–H groups in total. The average molecular weight is 529 g/mol. The normalized spacial score (nSPS) is 10.8. The van der Waals surface area contributed by atoms with E-state index in [1.54, 1.807) is 32.0 Å². The summed E-state index contributed by atoms with van der Waals surface area (Å²) in [5.41, 5.74) is 3.14. The Labute approximate surface area is 216 Å². The summed E-state index contributed by atoms with van der Waals surface area (Å²) >= 11 is 5.70. The van der Waals surface area contributed by atoms with Crippen LogP contribution in [0.15, 0.2) is 40.4 Å². The zero-order chi connectivity index (χ0) is 26.9. The first kappa shape index (κ1) is 27.3. The molecule has 0 saturated heterocycles. The summed E-state index contributed by atoms with van der Waals surface area (Å²) in [5.74, 6) is -1.29. The van der Waals surface area contributed by atoms with E-state index in [1.165, 1.54) is 24.0 Å². The highest BCUT2D eigenvalue weighted by atomic mass is 35.5. The summed E-state index contributed by atoms with van der Waals surface area (Å²) in [6.45, 7) is 3.47. The van der Waals surface area contributed by atoms with Gasteiger partial charge in [-0.05, 0) is 55.3 Å². The largest absolute Gasteiger partial charge is 0.490 e. The van der Waals surface area contributed by atoms with Gasteiger partial charge >= 0.3 is 0 Å². The second-order valence-electron chi connectivity index (χ2n) is 7.45. The molecule has 0 spiro atoms. The maximum Gasteiger partial charge on any atom is 0.269 e. The van der Waals surface area contributed by atoms with Gasteiger partial charge in [0.15, 0.2) is 11.5 Å². The number of nitrogens with one attached hydrogen (secondary N) is 1. The Bertz CT molecular complexity index is 1440. The number of hydrogen-bond donors (Lipinski definition) is 1. The average Bonchev–Trinajstić information content (AvgIpc) is 2.86. The molecule has 0 aliphatic rings. The van der Waals surface area contributed by atoms with Crippen LogP contribution in [0.4, 0.5) is 4.39 Å². The fourth-order valence-corrected chi connectivity index (χ4v) is 3.37. The highest BCUT2D eigenvalue weighted by molar-refractivity contribution is 6.28. The van der Waals surface area contributed by atoms with Gasteiger partial charge in [-0.15, -0.1) is 0 Å². The van der Waals surface area contributed by atoms with E-state index in [-0.39, 0.29) is 41.4 Å². The Morgan fingerprint density at radius 1 is 1.35 bits per heavy atom. The van der Waals surface area contributed by atoms with Crippen LogP contribution in [0.1, 0.15) is 29.3 Å². The molecule has 0 bridgehead atoms. The van der Waals surface area contributed by atoms with Crippen molar-refractivity contribution in [1.29, 1.82) is 5.26 Å². The van der Waals surface area contributed by atoms with Crippen molar-refractivity contribution in [2.75, 3.05) is 13.7 Å². The number of rotatable bonds is 10. The van der Waals surface area contributed by atoms with Crippen LogP contribution in [0.3, 0.4) is 0 Å². The minimum absolute atomic E-state index is 0.0846. The highest BCUT2D eigenvalue weighted by Crippen LogP contribution is 2.32. The Morgan fingerprint density at radius 2 is 2.14 bits per heavy atom. The zero-order valence-corrected chi connectivity index (χ0v) is 20.9. The molecule has 1 aromatic carbocycles. The molecule has 0 radical (unpaired) electrons. The number of hydrazone groups is 1. The molecular weight excluding hydrogens is 507 g/mol. The Morgan fingerprint density at radius 3 is 2.84 bits per heavy atom. The zero-order valence-electron chi connectivity index (χ0n) is 20.1. The van der Waals surface area contributed by atoms with E-state index in [4.69, 9.17) is 25.8 Å². The van der Waals surface area contributed by atoms with E-state index in [0.717, 1.165) is 6.20 Å². The lowest BCUT2D eigenvalue weighted by Crippen LogP contribution is -2.33. The number of benzene rings is 1. The van der Waals surface area contributed by atoms with Gasteiger partial charge in [-0.3, -0.25) is 9.59 Å². The standard InChI is InChI=1S/C24H22ClFN6O5/c1-4-36-20-8-15(5-6-19(20)37-22-18(26)11-28-24(25)30-22)10-29-31-21(33)12-32-14(2)7-16(13-35-3)17(9-27)23(32)34/h5-8,10-11H,4,12-13H2,1-3H3,(H,31,33)/b29-10+. The molecule has 11 nitrogen and oxygen atoms in total. The lowest BCUT2D eigenvalue weighted by atomic mass is 10.1. The minimum atomic E-state index is -0.801. The number of aryl methyl sites for hydroxylation is 1. The van der Waals surface area contributed by atoms with Crippen molar-refractivity contribution in [3.63, 3.8) is 0 Å². The Kier molecular flexibility index (Phi) is 9.26. The maximum absolute atomic E-state index is 13.9. The number of hydrogen-bond acceptors (Lipinski definition) is 9. The fraction of sp³-hybridized carbons (Fsp3) is 0.250. The number of nitrogens with zero attached hydrogens (tertiary/aromatic N) is 5. The molecule has 2 heterocycles. The highest BCUT2D eigenvalue weighted by Gasteiger charge is 2.15. The molecule has 0 saturated carbocycles. The molecule has 0 fully saturated rings. The molecule has 3 rings (SSSR count). The quantitative estimate of drug-likeness (QED) is 0.240. The van der Waals surface area contributed by atoms with E-state index in [0.29, 0.717) is 23.4 Å². The van der Waals surface area contributed by atoms with Gasteiger partial charge in [0.1, 0.15) is 18.2 Å². The second kappa shape index (κ2) is 12.6. The number of aromatic nitrogens is 3. The van der Waals surface area contributed by atoms with Crippen LogP contribution in [0, 0.1) is 24.1 Å². The van der Waals surface area contributed by atoms with Crippen molar-refractivity contribution >= 4 is 23.7 Å². The molecule has 192 valence electrons. The van der Waals surface area contributed by atoms with Gasteiger partial charge in [0.25, 0.3) is 17.3 Å². The SMILES string of the molecule is CCOc1cc(/C=N/NC(=O)Cn2c(C)cc(COC)c(C#N)c2=O)ccc1Oc1nc(Cl)ncc1F. The lowest BCUT2D eigenvalue weighted by molar-refractivity contribution is -0.121. The van der Waals surface area contributed by atoms with E-state index in [2.05, 4.69) is 20.5 Å². The summed E-state index contributed by atoms with van der Waals surface area (Å²) in [4.78, 5) is 32.3. The predicted octanol–water partition coefficient (Wildman–Crippen LogP) is 3.10. The van der Waals surface area contributed by atoms with Crippen molar-refractivity contribution in [3.05, 3.63) is 74.3 Å². The first-order valence-electron chi connectivity index (χ1n) is 10.8. The van der Waals surface area contributed by atoms with Crippen LogP contribution in [-0.2, 0) is 22.7 Å². The third-order valence-electron chi connectivity index (χ3n) is 4.86. The third-order valence-corrected chi connectivity index (χ3v) is 5.04. The van der Waals surface area contributed by atoms with Crippen LogP contribution in [-0.4, -0.2) is 40.4 Å². The van der Waals surface area contributed by atoms with Crippen molar-refractivity contribution in [3.8, 4) is 23.4 Å². The summed E-state index contributed by atoms with van der Waals surface area (Å²) in [6.07, 6.45) is 2.24. The number of methoxy groups -OCH3 is 1. The molecule has 37 heavy (non-hydrogen) atoms. The minimum Gasteiger partial charge on any atom is -0.490 e. The molecule has 2 aromatic heterocycles. The van der Waals surface area contributed by atoms with Crippen LogP contribution in [0.2, 0.25) is 5.28 Å². The van der Waals surface area contributed by atoms with Crippen molar-refractivity contribution in [1.82, 2.24) is 20.0 Å². The third kappa shape index (κ3) is 6.87. The summed E-state index contributed by atoms with van der Waals surface area (Å²) in [6, 6.07) is 8.16. The van der Waals surface area contributed by atoms with E-state index in [9.17, 15) is 19.2 Å². The van der Waals surface area contributed by atoms with Crippen LogP contribution < -0.4 is 20.5 Å². The summed E-state index contributed by atoms with van der Waals surface area (Å²) < 4.78 is 31.2. The van der Waals surface area contributed by atoms with Gasteiger partial charge < -0.3 is 18.8 Å². The van der Waals surface area contributed by atoms with Crippen molar-refractivity contribution in [2.45, 2.75) is 27.0 Å². The van der Waals surface area contributed by atoms with Crippen molar-refractivity contribution < 1.29 is 23.4 Å². The van der Waals surface area contributed by atoms with Gasteiger partial charge in [0.05, 0.1) is 25.6 Å². The van der Waals surface area contributed by atoms with Gasteiger partial charge in [0, 0.05) is 18.4 Å².